The van der Waals surface area contributed by atoms with E-state index < -0.39 is 23.1 Å². The largest absolute Gasteiger partial charge is 0.473 e. The standard InChI is InChI=1S/2C20H30N2O2.C2H2O4/c2*1-19(2,3)24-18(23)22-14-8-12-20(22)11-7-13-21(16-20)15-17-9-5-4-6-10-17;3-1(4)2(5)6/h2*4-6,9-10H,7-8,11-16H2,1-3H3;(H,3,4)(H,5,6). The number of carbonyl (C=O) groups is 4. The Morgan fingerprint density at radius 3 is 1.17 bits per heavy atom. The van der Waals surface area contributed by atoms with Crippen LogP contribution in [0.1, 0.15) is 104 Å². The highest BCUT2D eigenvalue weighted by Gasteiger charge is 2.48. The van der Waals surface area contributed by atoms with E-state index in [9.17, 15) is 9.59 Å². The smallest absolute Gasteiger partial charge is 0.414 e. The summed E-state index contributed by atoms with van der Waals surface area (Å²) in [6.45, 7) is 19.4. The first kappa shape index (κ1) is 42.6. The summed E-state index contributed by atoms with van der Waals surface area (Å²) in [5.41, 5.74) is 1.76. The van der Waals surface area contributed by atoms with Crippen molar-refractivity contribution in [1.82, 2.24) is 19.6 Å². The third kappa shape index (κ3) is 12.4. The van der Waals surface area contributed by atoms with Crippen LogP contribution in [0.5, 0.6) is 0 Å². The summed E-state index contributed by atoms with van der Waals surface area (Å²) in [6, 6.07) is 21.2. The molecule has 2 spiro atoms. The molecular formula is C42H62N4O8. The Morgan fingerprint density at radius 1 is 0.556 bits per heavy atom. The van der Waals surface area contributed by atoms with E-state index in [1.165, 1.54) is 11.1 Å². The lowest BCUT2D eigenvalue weighted by molar-refractivity contribution is -0.159. The van der Waals surface area contributed by atoms with E-state index in [0.717, 1.165) is 104 Å². The number of benzene rings is 2. The molecule has 0 bridgehead atoms. The molecule has 2 atom stereocenters. The molecule has 2 aromatic rings. The van der Waals surface area contributed by atoms with Gasteiger partial charge in [-0.3, -0.25) is 9.80 Å². The molecule has 4 fully saturated rings. The van der Waals surface area contributed by atoms with Crippen molar-refractivity contribution in [3.05, 3.63) is 71.8 Å². The predicted octanol–water partition coefficient (Wildman–Crippen LogP) is 7.26. The molecule has 4 saturated heterocycles. The molecule has 0 aliphatic carbocycles. The number of ether oxygens (including phenoxy) is 2. The van der Waals surface area contributed by atoms with Crippen molar-refractivity contribution in [2.75, 3.05) is 39.3 Å². The highest BCUT2D eigenvalue weighted by molar-refractivity contribution is 6.27. The first-order valence-corrected chi connectivity index (χ1v) is 19.4. The minimum atomic E-state index is -1.82. The predicted molar refractivity (Wildman–Crippen MR) is 207 cm³/mol. The Bertz CT molecular complexity index is 1430. The number of hydrogen-bond acceptors (Lipinski definition) is 8. The number of piperidine rings is 2. The van der Waals surface area contributed by atoms with Gasteiger partial charge in [-0.05, 0) is 117 Å². The number of hydrogen-bond donors (Lipinski definition) is 2. The maximum Gasteiger partial charge on any atom is 0.414 e. The van der Waals surface area contributed by atoms with Crippen LogP contribution in [0.2, 0.25) is 0 Å². The quantitative estimate of drug-likeness (QED) is 0.307. The molecule has 4 heterocycles. The van der Waals surface area contributed by atoms with Crippen molar-refractivity contribution in [2.24, 2.45) is 0 Å². The van der Waals surface area contributed by atoms with Crippen LogP contribution in [0.25, 0.3) is 0 Å². The molecule has 6 rings (SSSR count). The molecular weight excluding hydrogens is 688 g/mol. The number of carboxylic acid groups (broad SMARTS) is 2. The van der Waals surface area contributed by atoms with Crippen LogP contribution < -0.4 is 0 Å². The second-order valence-electron chi connectivity index (χ2n) is 17.1. The molecule has 0 aromatic heterocycles. The summed E-state index contributed by atoms with van der Waals surface area (Å²) in [4.78, 5) is 52.6. The summed E-state index contributed by atoms with van der Waals surface area (Å²) in [7, 11) is 0. The van der Waals surface area contributed by atoms with Crippen molar-refractivity contribution < 1.29 is 38.9 Å². The van der Waals surface area contributed by atoms with Gasteiger partial charge in [-0.1, -0.05) is 60.7 Å². The Kier molecular flexibility index (Phi) is 14.5. The Balaban J connectivity index is 0.000000209. The fraction of sp³-hybridized carbons (Fsp3) is 0.619. The van der Waals surface area contributed by atoms with Crippen LogP contribution in [-0.4, -0.2) is 115 Å². The van der Waals surface area contributed by atoms with E-state index >= 15 is 0 Å². The van der Waals surface area contributed by atoms with Crippen LogP contribution in [0.3, 0.4) is 0 Å². The third-order valence-corrected chi connectivity index (χ3v) is 10.4. The molecule has 12 nitrogen and oxygen atoms in total. The van der Waals surface area contributed by atoms with Gasteiger partial charge in [-0.15, -0.1) is 0 Å². The third-order valence-electron chi connectivity index (χ3n) is 10.4. The highest BCUT2D eigenvalue weighted by atomic mass is 16.6. The fourth-order valence-corrected chi connectivity index (χ4v) is 8.29. The van der Waals surface area contributed by atoms with E-state index in [2.05, 4.69) is 70.5 Å². The summed E-state index contributed by atoms with van der Waals surface area (Å²) < 4.78 is 11.3. The molecule has 298 valence electrons. The molecule has 0 radical (unpaired) electrons. The highest BCUT2D eigenvalue weighted by Crippen LogP contribution is 2.40. The minimum absolute atomic E-state index is 0.0324. The Morgan fingerprint density at radius 2 is 0.870 bits per heavy atom. The monoisotopic (exact) mass is 750 g/mol. The molecule has 0 saturated carbocycles. The van der Waals surface area contributed by atoms with Crippen LogP contribution in [0, 0.1) is 0 Å². The number of rotatable bonds is 4. The average molecular weight is 751 g/mol. The second-order valence-corrected chi connectivity index (χ2v) is 17.1. The van der Waals surface area contributed by atoms with Gasteiger partial charge in [-0.25, -0.2) is 19.2 Å². The molecule has 54 heavy (non-hydrogen) atoms. The summed E-state index contributed by atoms with van der Waals surface area (Å²) in [6.07, 6.45) is 8.56. The maximum atomic E-state index is 12.7. The number of carboxylic acids is 2. The van der Waals surface area contributed by atoms with Gasteiger partial charge in [0.2, 0.25) is 0 Å². The van der Waals surface area contributed by atoms with Gasteiger partial charge in [0, 0.05) is 39.3 Å². The lowest BCUT2D eigenvalue weighted by Gasteiger charge is -2.46. The summed E-state index contributed by atoms with van der Waals surface area (Å²) >= 11 is 0. The van der Waals surface area contributed by atoms with Gasteiger partial charge >= 0.3 is 24.1 Å². The van der Waals surface area contributed by atoms with Crippen LogP contribution >= 0.6 is 0 Å². The normalized spacial score (nSPS) is 23.2. The Hall–Kier alpha value is -4.16. The van der Waals surface area contributed by atoms with Crippen LogP contribution in [0.15, 0.2) is 60.7 Å². The van der Waals surface area contributed by atoms with Crippen molar-refractivity contribution in [1.29, 1.82) is 0 Å². The lowest BCUT2D eigenvalue weighted by Crippen LogP contribution is -2.57. The van der Waals surface area contributed by atoms with Crippen LogP contribution in [0.4, 0.5) is 9.59 Å². The van der Waals surface area contributed by atoms with E-state index in [1.54, 1.807) is 0 Å². The topological polar surface area (TPSA) is 140 Å². The van der Waals surface area contributed by atoms with E-state index in [4.69, 9.17) is 29.3 Å². The molecule has 4 aliphatic rings. The maximum absolute atomic E-state index is 12.7. The van der Waals surface area contributed by atoms with Gasteiger partial charge in [0.25, 0.3) is 0 Å². The van der Waals surface area contributed by atoms with E-state index in [1.807, 2.05) is 51.3 Å². The zero-order chi connectivity index (χ0) is 39.6. The lowest BCUT2D eigenvalue weighted by atomic mass is 9.86. The molecule has 2 amide bonds. The van der Waals surface area contributed by atoms with Gasteiger partial charge in [0.05, 0.1) is 11.1 Å². The number of aliphatic carboxylic acids is 2. The molecule has 12 heteroatoms. The van der Waals surface area contributed by atoms with E-state index in [-0.39, 0.29) is 23.3 Å². The summed E-state index contributed by atoms with van der Waals surface area (Å²) in [5.74, 6) is -3.65. The minimum Gasteiger partial charge on any atom is -0.473 e. The van der Waals surface area contributed by atoms with Gasteiger partial charge in [0.15, 0.2) is 0 Å². The average Bonchev–Trinajstić information content (AvgIpc) is 3.68. The summed E-state index contributed by atoms with van der Waals surface area (Å²) in [5, 5.41) is 14.8. The van der Waals surface area contributed by atoms with Gasteiger partial charge in [-0.2, -0.15) is 0 Å². The zero-order valence-corrected chi connectivity index (χ0v) is 33.2. The first-order chi connectivity index (χ1) is 25.4. The van der Waals surface area contributed by atoms with Gasteiger partial charge in [0.1, 0.15) is 11.2 Å². The second kappa shape index (κ2) is 18.4. The van der Waals surface area contributed by atoms with Gasteiger partial charge < -0.3 is 29.5 Å². The number of amides is 2. The SMILES string of the molecule is CC(C)(C)OC(=O)N1CCCC12CCCN(Cc1ccccc1)C2.CC(C)(C)OC(=O)N1CCCC12CCCN(Cc1ccccc1)C2.O=C(O)C(=O)O. The van der Waals surface area contributed by atoms with Crippen LogP contribution in [-0.2, 0) is 32.2 Å². The van der Waals surface area contributed by atoms with Crippen molar-refractivity contribution in [2.45, 2.75) is 128 Å². The zero-order valence-electron chi connectivity index (χ0n) is 33.2. The molecule has 2 aromatic carbocycles. The fourth-order valence-electron chi connectivity index (χ4n) is 8.29. The number of likely N-dealkylation sites (tertiary alicyclic amines) is 4. The van der Waals surface area contributed by atoms with E-state index in [0.29, 0.717) is 0 Å². The number of carbonyl (C=O) groups excluding carboxylic acids is 2. The van der Waals surface area contributed by atoms with Crippen molar-refractivity contribution in [3.8, 4) is 0 Å². The van der Waals surface area contributed by atoms with Crippen molar-refractivity contribution >= 4 is 24.1 Å². The first-order valence-electron chi connectivity index (χ1n) is 19.4. The molecule has 4 aliphatic heterocycles. The molecule has 2 unspecified atom stereocenters. The van der Waals surface area contributed by atoms with Crippen molar-refractivity contribution in [3.63, 3.8) is 0 Å². The Labute approximate surface area is 321 Å². The number of nitrogens with zero attached hydrogens (tertiary/aromatic N) is 4. The molecule has 2 N–H and O–H groups in total.